The molecular weight excluding hydrogens is 284 g/mol. The molecule has 1 unspecified atom stereocenters. The first-order valence-corrected chi connectivity index (χ1v) is 8.72. The summed E-state index contributed by atoms with van der Waals surface area (Å²) in [4.78, 5) is 0.874. The van der Waals surface area contributed by atoms with Crippen molar-refractivity contribution in [2.45, 2.75) is 36.6 Å². The lowest BCUT2D eigenvalue weighted by Crippen LogP contribution is -2.39. The van der Waals surface area contributed by atoms with Crippen molar-refractivity contribution in [3.63, 3.8) is 0 Å². The van der Waals surface area contributed by atoms with Gasteiger partial charge in [0.2, 0.25) is 10.0 Å². The van der Waals surface area contributed by atoms with Gasteiger partial charge in [0.25, 0.3) is 0 Å². The minimum atomic E-state index is -3.43. The van der Waals surface area contributed by atoms with Gasteiger partial charge in [-0.25, -0.2) is 13.1 Å². The van der Waals surface area contributed by atoms with Crippen molar-refractivity contribution in [3.05, 3.63) is 17.0 Å². The van der Waals surface area contributed by atoms with E-state index in [1.807, 2.05) is 6.92 Å². The van der Waals surface area contributed by atoms with Crippen molar-refractivity contribution < 1.29 is 13.2 Å². The van der Waals surface area contributed by atoms with Gasteiger partial charge in [0, 0.05) is 30.7 Å². The molecule has 2 rings (SSSR count). The van der Waals surface area contributed by atoms with Crippen molar-refractivity contribution in [1.29, 1.82) is 0 Å². The Bertz CT molecular complexity index is 507. The van der Waals surface area contributed by atoms with Gasteiger partial charge >= 0.3 is 0 Å². The Labute approximate surface area is 118 Å². The lowest BCUT2D eigenvalue weighted by Gasteiger charge is -2.27. The average Bonchev–Trinajstić information content (AvgIpc) is 2.89. The summed E-state index contributed by atoms with van der Waals surface area (Å²) >= 11 is 1.23. The number of nitrogens with one attached hydrogen (secondary N) is 1. The highest BCUT2D eigenvalue weighted by atomic mass is 32.2. The lowest BCUT2D eigenvalue weighted by molar-refractivity contribution is 0.0586. The molecule has 2 heterocycles. The number of hydrogen-bond acceptors (Lipinski definition) is 5. The molecule has 0 spiro atoms. The van der Waals surface area contributed by atoms with Crippen LogP contribution in [-0.4, -0.2) is 27.7 Å². The van der Waals surface area contributed by atoms with Gasteiger partial charge < -0.3 is 10.5 Å². The Morgan fingerprint density at radius 1 is 1.47 bits per heavy atom. The number of sulfonamides is 1. The average molecular weight is 304 g/mol. The quantitative estimate of drug-likeness (QED) is 0.859. The van der Waals surface area contributed by atoms with Crippen LogP contribution in [0.4, 0.5) is 0 Å². The number of ether oxygens (including phenoxy) is 1. The molecule has 0 bridgehead atoms. The van der Waals surface area contributed by atoms with E-state index in [1.54, 1.807) is 12.1 Å². The predicted octanol–water partition coefficient (Wildman–Crippen LogP) is 1.30. The molecule has 108 valence electrons. The molecule has 19 heavy (non-hydrogen) atoms. The molecule has 7 heteroatoms. The van der Waals surface area contributed by atoms with E-state index in [-0.39, 0.29) is 6.04 Å². The summed E-state index contributed by atoms with van der Waals surface area (Å²) in [6, 6.07) is 3.31. The van der Waals surface area contributed by atoms with Crippen molar-refractivity contribution in [2.24, 2.45) is 11.7 Å². The SMILES string of the molecule is CC(NS(=O)(=O)c1ccc(CN)s1)C1CCOCC1. The molecule has 1 saturated heterocycles. The number of rotatable bonds is 5. The molecule has 0 saturated carbocycles. The van der Waals surface area contributed by atoms with Gasteiger partial charge in [-0.15, -0.1) is 11.3 Å². The third kappa shape index (κ3) is 3.76. The predicted molar refractivity (Wildman–Crippen MR) is 75.5 cm³/mol. The molecule has 0 aromatic carbocycles. The van der Waals surface area contributed by atoms with Crippen molar-refractivity contribution in [2.75, 3.05) is 13.2 Å². The molecule has 0 aliphatic carbocycles. The summed E-state index contributed by atoms with van der Waals surface area (Å²) < 4.78 is 32.9. The van der Waals surface area contributed by atoms with Crippen LogP contribution in [0.3, 0.4) is 0 Å². The molecule has 1 atom stereocenters. The first kappa shape index (κ1) is 14.9. The summed E-state index contributed by atoms with van der Waals surface area (Å²) in [5.41, 5.74) is 5.51. The molecule has 0 radical (unpaired) electrons. The fourth-order valence-corrected chi connectivity index (χ4v) is 4.79. The molecule has 1 aliphatic rings. The zero-order valence-corrected chi connectivity index (χ0v) is 12.6. The molecule has 1 aromatic rings. The van der Waals surface area contributed by atoms with Crippen LogP contribution in [0.1, 0.15) is 24.6 Å². The third-order valence-electron chi connectivity index (χ3n) is 3.42. The van der Waals surface area contributed by atoms with Gasteiger partial charge in [0.1, 0.15) is 4.21 Å². The number of thiophene rings is 1. The minimum Gasteiger partial charge on any atom is -0.381 e. The molecule has 1 aliphatic heterocycles. The molecule has 1 aromatic heterocycles. The Morgan fingerprint density at radius 3 is 2.74 bits per heavy atom. The van der Waals surface area contributed by atoms with Crippen LogP contribution < -0.4 is 10.5 Å². The van der Waals surface area contributed by atoms with Crippen LogP contribution in [0.15, 0.2) is 16.3 Å². The highest BCUT2D eigenvalue weighted by Crippen LogP contribution is 2.24. The van der Waals surface area contributed by atoms with E-state index in [1.165, 1.54) is 11.3 Å². The van der Waals surface area contributed by atoms with Gasteiger partial charge in [-0.05, 0) is 37.8 Å². The normalized spacial score (nSPS) is 19.5. The zero-order chi connectivity index (χ0) is 13.9. The first-order valence-electron chi connectivity index (χ1n) is 6.42. The van der Waals surface area contributed by atoms with E-state index >= 15 is 0 Å². The van der Waals surface area contributed by atoms with E-state index in [4.69, 9.17) is 10.5 Å². The van der Waals surface area contributed by atoms with Crippen LogP contribution in [0, 0.1) is 5.92 Å². The van der Waals surface area contributed by atoms with Crippen LogP contribution in [-0.2, 0) is 21.3 Å². The van der Waals surface area contributed by atoms with E-state index in [0.717, 1.165) is 17.7 Å². The Kier molecular flexibility index (Phi) is 4.97. The first-order chi connectivity index (χ1) is 9.03. The summed E-state index contributed by atoms with van der Waals surface area (Å²) in [6.45, 7) is 3.72. The highest BCUT2D eigenvalue weighted by molar-refractivity contribution is 7.91. The van der Waals surface area contributed by atoms with Crippen molar-refractivity contribution in [3.8, 4) is 0 Å². The smallest absolute Gasteiger partial charge is 0.250 e. The summed E-state index contributed by atoms with van der Waals surface area (Å²) in [6.07, 6.45) is 1.81. The lowest BCUT2D eigenvalue weighted by atomic mass is 9.94. The standard InChI is InChI=1S/C12H20N2O3S2/c1-9(10-4-6-17-7-5-10)14-19(15,16)12-3-2-11(8-13)18-12/h2-3,9-10,14H,4-8,13H2,1H3. The van der Waals surface area contributed by atoms with Gasteiger partial charge in [-0.1, -0.05) is 0 Å². The summed E-state index contributed by atoms with van der Waals surface area (Å²) in [5, 5.41) is 0. The Balaban J connectivity index is 2.03. The second-order valence-electron chi connectivity index (χ2n) is 4.78. The van der Waals surface area contributed by atoms with Gasteiger partial charge in [-0.2, -0.15) is 0 Å². The second-order valence-corrected chi connectivity index (χ2v) is 7.89. The van der Waals surface area contributed by atoms with Gasteiger partial charge in [-0.3, -0.25) is 0 Å². The fraction of sp³-hybridized carbons (Fsp3) is 0.667. The highest BCUT2D eigenvalue weighted by Gasteiger charge is 2.26. The Hall–Kier alpha value is -0.470. The number of nitrogens with two attached hydrogens (primary N) is 1. The largest absolute Gasteiger partial charge is 0.381 e. The van der Waals surface area contributed by atoms with Crippen molar-refractivity contribution >= 4 is 21.4 Å². The fourth-order valence-electron chi connectivity index (χ4n) is 2.23. The molecular formula is C12H20N2O3S2. The third-order valence-corrected chi connectivity index (χ3v) is 6.58. The molecule has 5 nitrogen and oxygen atoms in total. The maximum Gasteiger partial charge on any atom is 0.250 e. The minimum absolute atomic E-state index is 0.0719. The van der Waals surface area contributed by atoms with Crippen LogP contribution >= 0.6 is 11.3 Å². The summed E-state index contributed by atoms with van der Waals surface area (Å²) in [5.74, 6) is 0.345. The molecule has 1 fully saturated rings. The van der Waals surface area contributed by atoms with E-state index in [0.29, 0.717) is 29.9 Å². The summed E-state index contributed by atoms with van der Waals surface area (Å²) in [7, 11) is -3.43. The van der Waals surface area contributed by atoms with E-state index < -0.39 is 10.0 Å². The van der Waals surface area contributed by atoms with E-state index in [2.05, 4.69) is 4.72 Å². The van der Waals surface area contributed by atoms with Crippen molar-refractivity contribution in [1.82, 2.24) is 4.72 Å². The van der Waals surface area contributed by atoms with Crippen LogP contribution in [0.5, 0.6) is 0 Å². The number of hydrogen-bond donors (Lipinski definition) is 2. The maximum absolute atomic E-state index is 12.2. The molecule has 0 amide bonds. The zero-order valence-electron chi connectivity index (χ0n) is 11.0. The molecule has 3 N–H and O–H groups in total. The van der Waals surface area contributed by atoms with Gasteiger partial charge in [0.15, 0.2) is 0 Å². The second kappa shape index (κ2) is 6.32. The Morgan fingerprint density at radius 2 is 2.16 bits per heavy atom. The monoisotopic (exact) mass is 304 g/mol. The van der Waals surface area contributed by atoms with Gasteiger partial charge in [0.05, 0.1) is 0 Å². The van der Waals surface area contributed by atoms with Crippen LogP contribution in [0.2, 0.25) is 0 Å². The topological polar surface area (TPSA) is 81.4 Å². The van der Waals surface area contributed by atoms with E-state index in [9.17, 15) is 8.42 Å². The maximum atomic E-state index is 12.2. The van der Waals surface area contributed by atoms with Crippen LogP contribution in [0.25, 0.3) is 0 Å².